The molecule has 1 fully saturated rings. The standard InChI is InChI=1S/C8H16FNO/c1-7(2,9)8(11)4-5-10(3)6-8/h11H,4-6H2,1-3H3. The monoisotopic (exact) mass is 161 g/mol. The van der Waals surface area contributed by atoms with Crippen molar-refractivity contribution in [2.75, 3.05) is 20.1 Å². The lowest BCUT2D eigenvalue weighted by atomic mass is 9.87. The van der Waals surface area contributed by atoms with Gasteiger partial charge in [-0.3, -0.25) is 0 Å². The third kappa shape index (κ3) is 1.54. The van der Waals surface area contributed by atoms with E-state index in [1.165, 1.54) is 13.8 Å². The molecule has 2 nitrogen and oxygen atoms in total. The van der Waals surface area contributed by atoms with Crippen LogP contribution >= 0.6 is 0 Å². The molecule has 0 aromatic carbocycles. The van der Waals surface area contributed by atoms with Crippen molar-refractivity contribution in [3.8, 4) is 0 Å². The molecule has 1 aliphatic rings. The Bertz CT molecular complexity index is 155. The van der Waals surface area contributed by atoms with Gasteiger partial charge in [0, 0.05) is 13.1 Å². The number of halogens is 1. The number of β-amino-alcohol motifs (C(OH)–C–C–N with tert-alkyl or cyclic N) is 1. The number of likely N-dealkylation sites (N-methyl/N-ethyl adjacent to an activating group) is 1. The fourth-order valence-corrected chi connectivity index (χ4v) is 1.47. The Kier molecular flexibility index (Phi) is 1.97. The van der Waals surface area contributed by atoms with E-state index in [0.717, 1.165) is 6.54 Å². The molecule has 1 heterocycles. The highest BCUT2D eigenvalue weighted by Crippen LogP contribution is 2.33. The molecule has 0 aromatic rings. The number of likely N-dealkylation sites (tertiary alicyclic amines) is 1. The summed E-state index contributed by atoms with van der Waals surface area (Å²) in [5.41, 5.74) is -2.63. The van der Waals surface area contributed by atoms with Gasteiger partial charge in [-0.05, 0) is 27.3 Å². The Morgan fingerprint density at radius 2 is 2.09 bits per heavy atom. The zero-order valence-electron chi connectivity index (χ0n) is 7.39. The maximum Gasteiger partial charge on any atom is 0.135 e. The fourth-order valence-electron chi connectivity index (χ4n) is 1.47. The second-order valence-electron chi connectivity index (χ2n) is 3.99. The molecule has 0 aromatic heterocycles. The van der Waals surface area contributed by atoms with Gasteiger partial charge in [-0.2, -0.15) is 0 Å². The third-order valence-corrected chi connectivity index (χ3v) is 2.55. The highest BCUT2D eigenvalue weighted by molar-refractivity contribution is 5.00. The van der Waals surface area contributed by atoms with Crippen LogP contribution in [0.25, 0.3) is 0 Å². The van der Waals surface area contributed by atoms with Gasteiger partial charge in [-0.1, -0.05) is 0 Å². The summed E-state index contributed by atoms with van der Waals surface area (Å²) in [5.74, 6) is 0. The Hall–Kier alpha value is -0.150. The molecule has 1 N–H and O–H groups in total. The van der Waals surface area contributed by atoms with Crippen LogP contribution in [-0.4, -0.2) is 41.4 Å². The molecule has 0 bridgehead atoms. The maximum atomic E-state index is 13.4. The van der Waals surface area contributed by atoms with E-state index < -0.39 is 11.3 Å². The number of aliphatic hydroxyl groups is 1. The zero-order valence-corrected chi connectivity index (χ0v) is 7.39. The minimum Gasteiger partial charge on any atom is -0.385 e. The largest absolute Gasteiger partial charge is 0.385 e. The summed E-state index contributed by atoms with van der Waals surface area (Å²) < 4.78 is 13.4. The molecule has 1 unspecified atom stereocenters. The summed E-state index contributed by atoms with van der Waals surface area (Å²) >= 11 is 0. The van der Waals surface area contributed by atoms with Crippen LogP contribution in [0.2, 0.25) is 0 Å². The van der Waals surface area contributed by atoms with Crippen LogP contribution in [-0.2, 0) is 0 Å². The predicted molar refractivity (Wildman–Crippen MR) is 42.3 cm³/mol. The average molecular weight is 161 g/mol. The average Bonchev–Trinajstić information content (AvgIpc) is 2.10. The van der Waals surface area contributed by atoms with E-state index >= 15 is 0 Å². The molecular formula is C8H16FNO. The second-order valence-corrected chi connectivity index (χ2v) is 3.99. The SMILES string of the molecule is CN1CCC(O)(C(C)(C)F)C1. The van der Waals surface area contributed by atoms with E-state index in [2.05, 4.69) is 0 Å². The molecule has 1 aliphatic heterocycles. The van der Waals surface area contributed by atoms with Gasteiger partial charge < -0.3 is 10.0 Å². The van der Waals surface area contributed by atoms with Gasteiger partial charge in [0.2, 0.25) is 0 Å². The van der Waals surface area contributed by atoms with Gasteiger partial charge in [-0.15, -0.1) is 0 Å². The topological polar surface area (TPSA) is 23.5 Å². The van der Waals surface area contributed by atoms with Gasteiger partial charge in [0.15, 0.2) is 0 Å². The summed E-state index contributed by atoms with van der Waals surface area (Å²) in [6.07, 6.45) is 0.535. The summed E-state index contributed by atoms with van der Waals surface area (Å²) in [4.78, 5) is 1.95. The Morgan fingerprint density at radius 3 is 2.27 bits per heavy atom. The predicted octanol–water partition coefficient (Wildman–Crippen LogP) is 0.801. The van der Waals surface area contributed by atoms with E-state index in [-0.39, 0.29) is 0 Å². The molecule has 1 atom stereocenters. The number of hydrogen-bond acceptors (Lipinski definition) is 2. The third-order valence-electron chi connectivity index (χ3n) is 2.55. The normalized spacial score (nSPS) is 34.6. The summed E-state index contributed by atoms with van der Waals surface area (Å²) in [5, 5.41) is 9.78. The maximum absolute atomic E-state index is 13.4. The smallest absolute Gasteiger partial charge is 0.135 e. The van der Waals surface area contributed by atoms with Gasteiger partial charge in [0.25, 0.3) is 0 Å². The van der Waals surface area contributed by atoms with Crippen molar-refractivity contribution in [1.82, 2.24) is 4.90 Å². The Labute approximate surface area is 67.0 Å². The van der Waals surface area contributed by atoms with E-state index in [4.69, 9.17) is 0 Å². The molecule has 3 heteroatoms. The fraction of sp³-hybridized carbons (Fsp3) is 1.00. The minimum atomic E-state index is -1.49. The van der Waals surface area contributed by atoms with Crippen LogP contribution in [0.4, 0.5) is 4.39 Å². The first-order valence-electron chi connectivity index (χ1n) is 3.95. The number of nitrogens with zero attached hydrogens (tertiary/aromatic N) is 1. The van der Waals surface area contributed by atoms with Crippen LogP contribution in [0.5, 0.6) is 0 Å². The molecule has 0 saturated carbocycles. The first-order valence-corrected chi connectivity index (χ1v) is 3.95. The highest BCUT2D eigenvalue weighted by Gasteiger charge is 2.47. The molecule has 1 rings (SSSR count). The van der Waals surface area contributed by atoms with Crippen LogP contribution in [0.3, 0.4) is 0 Å². The Balaban J connectivity index is 2.69. The number of rotatable bonds is 1. The van der Waals surface area contributed by atoms with Gasteiger partial charge in [0.1, 0.15) is 11.3 Å². The van der Waals surface area contributed by atoms with Gasteiger partial charge >= 0.3 is 0 Å². The van der Waals surface area contributed by atoms with Gasteiger partial charge in [-0.25, -0.2) is 4.39 Å². The quantitative estimate of drug-likeness (QED) is 0.615. The molecule has 0 aliphatic carbocycles. The first-order chi connectivity index (χ1) is 4.85. The van der Waals surface area contributed by atoms with Crippen molar-refractivity contribution in [2.24, 2.45) is 0 Å². The summed E-state index contributed by atoms with van der Waals surface area (Å²) in [7, 11) is 1.89. The lowest BCUT2D eigenvalue weighted by molar-refractivity contribution is -0.0743. The van der Waals surface area contributed by atoms with E-state index in [0.29, 0.717) is 13.0 Å². The first kappa shape index (κ1) is 8.94. The summed E-state index contributed by atoms with van der Waals surface area (Å²) in [6, 6.07) is 0. The van der Waals surface area contributed by atoms with Crippen molar-refractivity contribution >= 4 is 0 Å². The van der Waals surface area contributed by atoms with Crippen molar-refractivity contribution in [2.45, 2.75) is 31.5 Å². The molecule has 0 amide bonds. The second kappa shape index (κ2) is 2.42. The van der Waals surface area contributed by atoms with Gasteiger partial charge in [0.05, 0.1) is 0 Å². The van der Waals surface area contributed by atoms with Crippen molar-refractivity contribution in [1.29, 1.82) is 0 Å². The van der Waals surface area contributed by atoms with E-state index in [1.54, 1.807) is 0 Å². The lowest BCUT2D eigenvalue weighted by Crippen LogP contribution is -2.48. The Morgan fingerprint density at radius 1 is 1.55 bits per heavy atom. The van der Waals surface area contributed by atoms with Crippen molar-refractivity contribution < 1.29 is 9.50 Å². The molecule has 0 spiro atoms. The summed E-state index contributed by atoms with van der Waals surface area (Å²) in [6.45, 7) is 4.10. The molecule has 66 valence electrons. The minimum absolute atomic E-state index is 0.441. The zero-order chi connectivity index (χ0) is 8.70. The number of alkyl halides is 1. The van der Waals surface area contributed by atoms with Crippen LogP contribution in [0.1, 0.15) is 20.3 Å². The van der Waals surface area contributed by atoms with Crippen molar-refractivity contribution in [3.05, 3.63) is 0 Å². The van der Waals surface area contributed by atoms with Crippen LogP contribution < -0.4 is 0 Å². The van der Waals surface area contributed by atoms with Crippen molar-refractivity contribution in [3.63, 3.8) is 0 Å². The molecule has 11 heavy (non-hydrogen) atoms. The molecule has 1 saturated heterocycles. The molecular weight excluding hydrogens is 145 g/mol. The lowest BCUT2D eigenvalue weighted by Gasteiger charge is -2.32. The van der Waals surface area contributed by atoms with Crippen LogP contribution in [0, 0.1) is 0 Å². The highest BCUT2D eigenvalue weighted by atomic mass is 19.1. The number of hydrogen-bond donors (Lipinski definition) is 1. The van der Waals surface area contributed by atoms with E-state index in [1.807, 2.05) is 11.9 Å². The van der Waals surface area contributed by atoms with Crippen LogP contribution in [0.15, 0.2) is 0 Å². The molecule has 0 radical (unpaired) electrons. The van der Waals surface area contributed by atoms with E-state index in [9.17, 15) is 9.50 Å².